The number of hydrogen-bond acceptors (Lipinski definition) is 8. The number of rotatable bonds is 12. The quantitative estimate of drug-likeness (QED) is 0.200. The van der Waals surface area contributed by atoms with E-state index in [1.54, 1.807) is 32.0 Å². The number of benzene rings is 1. The molecule has 37 heavy (non-hydrogen) atoms. The zero-order valence-electron chi connectivity index (χ0n) is 20.8. The molecule has 0 radical (unpaired) electrons. The van der Waals surface area contributed by atoms with Crippen molar-refractivity contribution in [3.8, 4) is 0 Å². The van der Waals surface area contributed by atoms with E-state index in [1.807, 2.05) is 0 Å². The second kappa shape index (κ2) is 12.9. The van der Waals surface area contributed by atoms with Crippen molar-refractivity contribution in [1.82, 2.24) is 16.0 Å². The van der Waals surface area contributed by atoms with Crippen LogP contribution in [0.25, 0.3) is 0 Å². The molecule has 1 aromatic rings. The fourth-order valence-electron chi connectivity index (χ4n) is 3.91. The van der Waals surface area contributed by atoms with Gasteiger partial charge in [0.2, 0.25) is 17.3 Å². The maximum atomic E-state index is 13.0. The lowest BCUT2D eigenvalue weighted by Gasteiger charge is -2.28. The minimum atomic E-state index is -4.97. The summed E-state index contributed by atoms with van der Waals surface area (Å²) in [6.45, 7) is 4.88. The van der Waals surface area contributed by atoms with Crippen LogP contribution in [0.4, 0.5) is 4.79 Å². The van der Waals surface area contributed by atoms with Gasteiger partial charge in [-0.15, -0.1) is 0 Å². The smallest absolute Gasteiger partial charge is 0.407 e. The second-order valence-electron chi connectivity index (χ2n) is 9.72. The lowest BCUT2D eigenvalue weighted by atomic mass is 9.97. The molecule has 0 bridgehead atoms. The summed E-state index contributed by atoms with van der Waals surface area (Å²) in [4.78, 5) is 37.5. The van der Waals surface area contributed by atoms with Gasteiger partial charge in [-0.1, -0.05) is 37.6 Å². The molecule has 1 fully saturated rings. The van der Waals surface area contributed by atoms with E-state index in [4.69, 9.17) is 16.3 Å². The number of carbonyl (C=O) groups is 3. The van der Waals surface area contributed by atoms with Crippen LogP contribution in [-0.4, -0.2) is 71.8 Å². The first-order valence-corrected chi connectivity index (χ1v) is 13.6. The molecule has 0 saturated carbocycles. The van der Waals surface area contributed by atoms with E-state index in [2.05, 4.69) is 16.0 Å². The van der Waals surface area contributed by atoms with E-state index < -0.39 is 57.8 Å². The highest BCUT2D eigenvalue weighted by Gasteiger charge is 2.38. The largest absolute Gasteiger partial charge is 0.446 e. The molecule has 0 unspecified atom stereocenters. The predicted octanol–water partition coefficient (Wildman–Crippen LogP) is 0.906. The predicted molar refractivity (Wildman–Crippen MR) is 134 cm³/mol. The SMILES string of the molecule is CC(C)C[C@H](NC(=O)OC[C@](C)(O)c1cccc(Cl)c1)C(=O)N[C@@H](C[C@@H]1CCNC1=O)[C@@H](O)S(=O)(=O)O. The molecule has 1 saturated heterocycles. The lowest BCUT2D eigenvalue weighted by Crippen LogP contribution is -2.55. The highest BCUT2D eigenvalue weighted by Crippen LogP contribution is 2.24. The molecule has 3 amide bonds. The third-order valence-electron chi connectivity index (χ3n) is 5.92. The Balaban J connectivity index is 2.10. The number of aliphatic hydroxyl groups excluding tert-OH is 1. The van der Waals surface area contributed by atoms with Crippen molar-refractivity contribution in [2.75, 3.05) is 13.2 Å². The Morgan fingerprint density at radius 2 is 1.97 bits per heavy atom. The number of hydrogen-bond donors (Lipinski definition) is 6. The van der Waals surface area contributed by atoms with Crippen molar-refractivity contribution in [1.29, 1.82) is 0 Å². The first kappa shape index (κ1) is 30.8. The highest BCUT2D eigenvalue weighted by molar-refractivity contribution is 7.86. The number of halogens is 1. The van der Waals surface area contributed by atoms with E-state index in [0.29, 0.717) is 23.6 Å². The van der Waals surface area contributed by atoms with Gasteiger partial charge in [-0.05, 0) is 49.8 Å². The molecule has 2 rings (SSSR count). The average Bonchev–Trinajstić information content (AvgIpc) is 3.19. The molecular formula is C23H34ClN3O9S. The fourth-order valence-corrected chi connectivity index (χ4v) is 4.70. The van der Waals surface area contributed by atoms with Crippen LogP contribution in [0.1, 0.15) is 45.6 Å². The molecule has 0 spiro atoms. The number of ether oxygens (including phenoxy) is 1. The lowest BCUT2D eigenvalue weighted by molar-refractivity contribution is -0.126. The van der Waals surface area contributed by atoms with Gasteiger partial charge in [-0.3, -0.25) is 14.1 Å². The molecule has 5 atom stereocenters. The summed E-state index contributed by atoms with van der Waals surface area (Å²) >= 11 is 5.95. The Labute approximate surface area is 220 Å². The van der Waals surface area contributed by atoms with Gasteiger partial charge in [0.15, 0.2) is 0 Å². The Morgan fingerprint density at radius 1 is 1.30 bits per heavy atom. The Bertz CT molecular complexity index is 1080. The summed E-state index contributed by atoms with van der Waals surface area (Å²) in [6.07, 6.45) is -0.801. The highest BCUT2D eigenvalue weighted by atomic mass is 35.5. The maximum absolute atomic E-state index is 13.0. The number of alkyl carbamates (subject to hydrolysis) is 1. The Kier molecular flexibility index (Phi) is 10.7. The molecule has 0 aliphatic carbocycles. The standard InChI is InChI=1S/C23H34ClN3O9S/c1-13(2)9-17(27-22(31)36-12-23(3,32)15-5-4-6-16(24)11-15)20(29)26-18(21(30)37(33,34)35)10-14-7-8-25-19(14)28/h4-6,11,13-14,17-18,21,30,32H,7-10,12H2,1-3H3,(H,25,28)(H,26,29)(H,27,31)(H,33,34,35)/t14-,17-,18-,21-,23-/m0/s1. The summed E-state index contributed by atoms with van der Waals surface area (Å²) in [5.74, 6) is -2.00. The van der Waals surface area contributed by atoms with E-state index >= 15 is 0 Å². The molecule has 1 heterocycles. The van der Waals surface area contributed by atoms with Crippen LogP contribution in [-0.2, 0) is 30.0 Å². The van der Waals surface area contributed by atoms with Crippen LogP contribution >= 0.6 is 11.6 Å². The number of aliphatic hydroxyl groups is 2. The first-order chi connectivity index (χ1) is 17.1. The summed E-state index contributed by atoms with van der Waals surface area (Å²) in [7, 11) is -4.97. The maximum Gasteiger partial charge on any atom is 0.407 e. The van der Waals surface area contributed by atoms with Crippen molar-refractivity contribution >= 4 is 39.6 Å². The zero-order valence-corrected chi connectivity index (χ0v) is 22.4. The van der Waals surface area contributed by atoms with E-state index in [-0.39, 0.29) is 24.7 Å². The zero-order chi connectivity index (χ0) is 28.0. The van der Waals surface area contributed by atoms with Gasteiger partial charge in [-0.2, -0.15) is 8.42 Å². The molecule has 1 aliphatic rings. The van der Waals surface area contributed by atoms with Crippen LogP contribution in [0.3, 0.4) is 0 Å². The van der Waals surface area contributed by atoms with Crippen molar-refractivity contribution in [3.05, 3.63) is 34.9 Å². The average molecular weight is 564 g/mol. The third kappa shape index (κ3) is 9.42. The van der Waals surface area contributed by atoms with Crippen LogP contribution in [0.15, 0.2) is 24.3 Å². The van der Waals surface area contributed by atoms with Gasteiger partial charge >= 0.3 is 6.09 Å². The molecule has 208 valence electrons. The summed E-state index contributed by atoms with van der Waals surface area (Å²) in [5, 5.41) is 28.5. The van der Waals surface area contributed by atoms with Crippen molar-refractivity contribution < 1.29 is 42.3 Å². The molecular weight excluding hydrogens is 530 g/mol. The molecule has 0 aromatic heterocycles. The number of nitrogens with one attached hydrogen (secondary N) is 3. The number of amides is 3. The van der Waals surface area contributed by atoms with Crippen molar-refractivity contribution in [2.24, 2.45) is 11.8 Å². The van der Waals surface area contributed by atoms with Gasteiger partial charge in [-0.25, -0.2) is 4.79 Å². The van der Waals surface area contributed by atoms with Crippen LogP contribution < -0.4 is 16.0 Å². The fraction of sp³-hybridized carbons (Fsp3) is 0.609. The molecule has 14 heteroatoms. The second-order valence-corrected chi connectivity index (χ2v) is 11.7. The van der Waals surface area contributed by atoms with Crippen LogP contribution in [0.2, 0.25) is 5.02 Å². The molecule has 1 aliphatic heterocycles. The molecule has 12 nitrogen and oxygen atoms in total. The van der Waals surface area contributed by atoms with E-state index in [0.717, 1.165) is 0 Å². The van der Waals surface area contributed by atoms with E-state index in [9.17, 15) is 37.6 Å². The van der Waals surface area contributed by atoms with Gasteiger partial charge in [0.05, 0.1) is 6.04 Å². The van der Waals surface area contributed by atoms with Crippen molar-refractivity contribution in [3.63, 3.8) is 0 Å². The minimum absolute atomic E-state index is 0.101. The molecule has 1 aromatic carbocycles. The van der Waals surface area contributed by atoms with Crippen LogP contribution in [0, 0.1) is 11.8 Å². The minimum Gasteiger partial charge on any atom is -0.446 e. The van der Waals surface area contributed by atoms with Gasteiger partial charge in [0.1, 0.15) is 18.2 Å². The Hall–Kier alpha value is -2.45. The summed E-state index contributed by atoms with van der Waals surface area (Å²) in [6, 6.07) is 3.64. The normalized spacial score (nSPS) is 19.9. The molecule has 6 N–H and O–H groups in total. The van der Waals surface area contributed by atoms with Gasteiger partial charge in [0.25, 0.3) is 10.1 Å². The van der Waals surface area contributed by atoms with Gasteiger partial charge in [0, 0.05) is 17.5 Å². The third-order valence-corrected chi connectivity index (χ3v) is 7.10. The summed E-state index contributed by atoms with van der Waals surface area (Å²) in [5.41, 5.74) is -3.56. The Morgan fingerprint density at radius 3 is 2.51 bits per heavy atom. The van der Waals surface area contributed by atoms with Crippen LogP contribution in [0.5, 0.6) is 0 Å². The first-order valence-electron chi connectivity index (χ1n) is 11.7. The van der Waals surface area contributed by atoms with E-state index in [1.165, 1.54) is 13.0 Å². The number of carbonyl (C=O) groups excluding carboxylic acids is 3. The summed E-state index contributed by atoms with van der Waals surface area (Å²) < 4.78 is 37.6. The van der Waals surface area contributed by atoms with Crippen molar-refractivity contribution in [2.45, 2.75) is 63.2 Å². The topological polar surface area (TPSA) is 191 Å². The monoisotopic (exact) mass is 563 g/mol. The van der Waals surface area contributed by atoms with Gasteiger partial charge < -0.3 is 30.9 Å².